The highest BCUT2D eigenvalue weighted by Gasteiger charge is 2.38. The van der Waals surface area contributed by atoms with E-state index in [1.807, 2.05) is 0 Å². The van der Waals surface area contributed by atoms with Crippen molar-refractivity contribution in [3.05, 3.63) is 58.7 Å². The predicted octanol–water partition coefficient (Wildman–Crippen LogP) is 15.8. The van der Waals surface area contributed by atoms with Gasteiger partial charge in [-0.05, 0) is 160 Å². The number of halogens is 4. The second kappa shape index (κ2) is 24.5. The third-order valence-electron chi connectivity index (χ3n) is 15.9. The van der Waals surface area contributed by atoms with Crippen LogP contribution in [0.15, 0.2) is 24.3 Å². The summed E-state index contributed by atoms with van der Waals surface area (Å²) in [7, 11) is 0. The fourth-order valence-electron chi connectivity index (χ4n) is 12.6. The second-order valence-corrected chi connectivity index (χ2v) is 20.0. The van der Waals surface area contributed by atoms with Gasteiger partial charge in [-0.2, -0.15) is 8.78 Å². The predicted molar refractivity (Wildman–Crippen MR) is 237 cm³/mol. The van der Waals surface area contributed by atoms with E-state index in [0.717, 1.165) is 133 Å². The van der Waals surface area contributed by atoms with Gasteiger partial charge in [0, 0.05) is 6.61 Å². The van der Waals surface area contributed by atoms with E-state index in [-0.39, 0.29) is 29.9 Å². The van der Waals surface area contributed by atoms with Crippen molar-refractivity contribution in [3.8, 4) is 11.5 Å². The van der Waals surface area contributed by atoms with Crippen LogP contribution >= 0.6 is 0 Å². The highest BCUT2D eigenvalue weighted by atomic mass is 19.2. The van der Waals surface area contributed by atoms with Gasteiger partial charge in [-0.3, -0.25) is 0 Å². The van der Waals surface area contributed by atoms with Crippen LogP contribution in [-0.2, 0) is 0 Å². The minimum Gasteiger partial charge on any atom is -0.490 e. The smallest absolute Gasteiger partial charge is 0.200 e. The first kappa shape index (κ1) is 47.2. The minimum atomic E-state index is -0.832. The lowest BCUT2D eigenvalue weighted by atomic mass is 9.63. The summed E-state index contributed by atoms with van der Waals surface area (Å²) in [6, 6.07) is 6.85. The Labute approximate surface area is 361 Å². The SMILES string of the molecule is CCCC1CCC2CC(c3ccc(OCCCCCCC(CCO)CCCCCCOc4ccc(C5CCC6CC(CCC)CCC6C5)c(F)c4F)c(F)c3F)CCC2C1. The lowest BCUT2D eigenvalue weighted by Crippen LogP contribution is -2.30. The molecule has 4 fully saturated rings. The molecule has 0 amide bonds. The zero-order valence-electron chi connectivity index (χ0n) is 37.5. The standard InChI is InChI=1S/C53H80F4O3/c1-3-13-38-17-19-42-35-44(23-21-40(42)33-38)46-25-27-48(52(56)50(46)54)59-31-11-7-5-9-15-37(29-30-58)16-10-6-8-12-32-60-49-28-26-47(51(55)53(49)57)45-24-22-41-34-39(14-4-2)18-20-43(41)36-45/h25-28,37-45,58H,3-24,29-36H2,1-2H3. The van der Waals surface area contributed by atoms with E-state index in [2.05, 4.69) is 13.8 Å². The molecule has 2 aromatic rings. The Morgan fingerprint density at radius 1 is 0.500 bits per heavy atom. The van der Waals surface area contributed by atoms with E-state index in [0.29, 0.717) is 42.1 Å². The highest BCUT2D eigenvalue weighted by Crippen LogP contribution is 2.50. The van der Waals surface area contributed by atoms with Crippen molar-refractivity contribution in [1.29, 1.82) is 0 Å². The van der Waals surface area contributed by atoms with Gasteiger partial charge < -0.3 is 14.6 Å². The van der Waals surface area contributed by atoms with Crippen molar-refractivity contribution in [1.82, 2.24) is 0 Å². The van der Waals surface area contributed by atoms with Gasteiger partial charge in [0.2, 0.25) is 11.6 Å². The van der Waals surface area contributed by atoms with E-state index >= 15 is 17.6 Å². The quantitative estimate of drug-likeness (QED) is 0.0845. The van der Waals surface area contributed by atoms with Crippen LogP contribution in [0, 0.1) is 64.7 Å². The number of rotatable bonds is 24. The molecule has 7 heteroatoms. The van der Waals surface area contributed by atoms with Crippen LogP contribution in [0.3, 0.4) is 0 Å². The summed E-state index contributed by atoms with van der Waals surface area (Å²) in [5.74, 6) is 2.20. The Kier molecular flexibility index (Phi) is 19.3. The lowest BCUT2D eigenvalue weighted by molar-refractivity contribution is 0.113. The Bertz CT molecular complexity index is 1450. The van der Waals surface area contributed by atoms with Crippen molar-refractivity contribution in [2.45, 2.75) is 199 Å². The topological polar surface area (TPSA) is 38.7 Å². The van der Waals surface area contributed by atoms with Crippen LogP contribution in [0.25, 0.3) is 0 Å². The molecule has 0 aliphatic heterocycles. The molecule has 4 aliphatic carbocycles. The maximum absolute atomic E-state index is 15.3. The number of aliphatic hydroxyl groups excluding tert-OH is 1. The molecule has 338 valence electrons. The summed E-state index contributed by atoms with van der Waals surface area (Å²) >= 11 is 0. The molecule has 8 atom stereocenters. The van der Waals surface area contributed by atoms with Crippen molar-refractivity contribution in [2.24, 2.45) is 41.4 Å². The van der Waals surface area contributed by atoms with Crippen LogP contribution in [0.4, 0.5) is 17.6 Å². The molecule has 4 saturated carbocycles. The van der Waals surface area contributed by atoms with Crippen molar-refractivity contribution in [2.75, 3.05) is 19.8 Å². The molecule has 0 bridgehead atoms. The van der Waals surface area contributed by atoms with Crippen LogP contribution in [0.2, 0.25) is 0 Å². The summed E-state index contributed by atoms with van der Waals surface area (Å²) < 4.78 is 72.4. The van der Waals surface area contributed by atoms with E-state index in [1.165, 1.54) is 64.2 Å². The summed E-state index contributed by atoms with van der Waals surface area (Å²) in [4.78, 5) is 0. The van der Waals surface area contributed by atoms with Gasteiger partial charge in [-0.15, -0.1) is 0 Å². The maximum atomic E-state index is 15.3. The molecule has 0 heterocycles. The number of ether oxygens (including phenoxy) is 2. The first-order chi connectivity index (χ1) is 29.3. The number of aliphatic hydroxyl groups is 1. The van der Waals surface area contributed by atoms with Gasteiger partial charge in [0.25, 0.3) is 0 Å². The monoisotopic (exact) mass is 841 g/mol. The zero-order chi connectivity index (χ0) is 42.3. The summed E-state index contributed by atoms with van der Waals surface area (Å²) in [6.45, 7) is 5.48. The molecule has 0 aromatic heterocycles. The Hall–Kier alpha value is -2.28. The molecule has 1 N–H and O–H groups in total. The fraction of sp³-hybridized carbons (Fsp3) is 0.774. The molecular formula is C53H80F4O3. The van der Waals surface area contributed by atoms with Gasteiger partial charge in [0.15, 0.2) is 23.1 Å². The van der Waals surface area contributed by atoms with E-state index in [9.17, 15) is 5.11 Å². The second-order valence-electron chi connectivity index (χ2n) is 20.0. The molecular weight excluding hydrogens is 761 g/mol. The first-order valence-electron chi connectivity index (χ1n) is 25.1. The number of hydrogen-bond donors (Lipinski definition) is 1. The van der Waals surface area contributed by atoms with Gasteiger partial charge in [-0.1, -0.05) is 116 Å². The van der Waals surface area contributed by atoms with Crippen molar-refractivity contribution in [3.63, 3.8) is 0 Å². The van der Waals surface area contributed by atoms with Crippen molar-refractivity contribution < 1.29 is 32.1 Å². The lowest BCUT2D eigenvalue weighted by Gasteiger charge is -2.42. The maximum Gasteiger partial charge on any atom is 0.200 e. The molecule has 0 spiro atoms. The van der Waals surface area contributed by atoms with Crippen molar-refractivity contribution >= 4 is 0 Å². The van der Waals surface area contributed by atoms with E-state index in [4.69, 9.17) is 9.47 Å². The third-order valence-corrected chi connectivity index (χ3v) is 15.9. The molecule has 0 radical (unpaired) electrons. The normalized spacial score (nSPS) is 27.2. The Morgan fingerprint density at radius 2 is 0.917 bits per heavy atom. The highest BCUT2D eigenvalue weighted by molar-refractivity contribution is 5.34. The zero-order valence-corrected chi connectivity index (χ0v) is 37.5. The average molecular weight is 841 g/mol. The molecule has 8 unspecified atom stereocenters. The minimum absolute atomic E-state index is 0.0290. The largest absolute Gasteiger partial charge is 0.490 e. The first-order valence-corrected chi connectivity index (χ1v) is 25.1. The number of benzene rings is 2. The van der Waals surface area contributed by atoms with Gasteiger partial charge in [0.1, 0.15) is 0 Å². The van der Waals surface area contributed by atoms with Crippen LogP contribution in [0.1, 0.15) is 210 Å². The summed E-state index contributed by atoms with van der Waals surface area (Å²) in [6.07, 6.45) is 29.7. The fourth-order valence-corrected chi connectivity index (χ4v) is 12.6. The Morgan fingerprint density at radius 3 is 1.35 bits per heavy atom. The average Bonchev–Trinajstić information content (AvgIpc) is 3.25. The van der Waals surface area contributed by atoms with Crippen LogP contribution in [0.5, 0.6) is 11.5 Å². The molecule has 4 aliphatic rings. The van der Waals surface area contributed by atoms with E-state index < -0.39 is 23.3 Å². The van der Waals surface area contributed by atoms with E-state index in [1.54, 1.807) is 24.3 Å². The van der Waals surface area contributed by atoms with Gasteiger partial charge in [-0.25, -0.2) is 8.78 Å². The molecule has 60 heavy (non-hydrogen) atoms. The summed E-state index contributed by atoms with van der Waals surface area (Å²) in [5.41, 5.74) is 1.08. The number of unbranched alkanes of at least 4 members (excludes halogenated alkanes) is 6. The number of fused-ring (bicyclic) bond motifs is 2. The van der Waals surface area contributed by atoms with Gasteiger partial charge >= 0.3 is 0 Å². The van der Waals surface area contributed by atoms with Gasteiger partial charge in [0.05, 0.1) is 13.2 Å². The molecule has 0 saturated heterocycles. The third kappa shape index (κ3) is 13.1. The molecule has 6 rings (SSSR count). The Balaban J connectivity index is 0.805. The van der Waals surface area contributed by atoms with Crippen LogP contribution < -0.4 is 9.47 Å². The molecule has 2 aromatic carbocycles. The number of hydrogen-bond acceptors (Lipinski definition) is 3. The van der Waals surface area contributed by atoms with Crippen LogP contribution in [-0.4, -0.2) is 24.9 Å². The molecule has 3 nitrogen and oxygen atoms in total. The summed E-state index contributed by atoms with van der Waals surface area (Å²) in [5, 5.41) is 9.66.